The van der Waals surface area contributed by atoms with Crippen molar-refractivity contribution in [1.82, 2.24) is 4.90 Å². The zero-order chi connectivity index (χ0) is 17.6. The molecule has 4 nitrogen and oxygen atoms in total. The lowest BCUT2D eigenvalue weighted by Crippen LogP contribution is -2.36. The van der Waals surface area contributed by atoms with Crippen LogP contribution in [0.25, 0.3) is 5.57 Å². The van der Waals surface area contributed by atoms with E-state index < -0.39 is 0 Å². The number of carbonyl (C=O) groups is 1. The first-order chi connectivity index (χ1) is 12.2. The van der Waals surface area contributed by atoms with E-state index in [1.54, 1.807) is 25.3 Å². The number of methoxy groups -OCH3 is 1. The Morgan fingerprint density at radius 2 is 2.04 bits per heavy atom. The fraction of sp³-hybridized carbons (Fsp3) is 0.250. The molecule has 25 heavy (non-hydrogen) atoms. The summed E-state index contributed by atoms with van der Waals surface area (Å²) in [5.41, 5.74) is 3.20. The third-order valence-corrected chi connectivity index (χ3v) is 4.48. The Bertz CT molecular complexity index is 775. The van der Waals surface area contributed by atoms with E-state index in [9.17, 15) is 4.79 Å². The fourth-order valence-corrected chi connectivity index (χ4v) is 3.11. The Kier molecular flexibility index (Phi) is 5.74. The summed E-state index contributed by atoms with van der Waals surface area (Å²) in [5, 5.41) is 3.44. The van der Waals surface area contributed by atoms with Crippen molar-refractivity contribution in [2.75, 3.05) is 32.1 Å². The van der Waals surface area contributed by atoms with Gasteiger partial charge in [-0.25, -0.2) is 0 Å². The van der Waals surface area contributed by atoms with Crippen LogP contribution in [0.3, 0.4) is 0 Å². The minimum atomic E-state index is -0.0721. The van der Waals surface area contributed by atoms with Crippen LogP contribution < -0.4 is 10.1 Å². The summed E-state index contributed by atoms with van der Waals surface area (Å²) in [6.45, 7) is 1.97. The number of nitrogens with one attached hydrogen (secondary N) is 1. The predicted molar refractivity (Wildman–Crippen MR) is 102 cm³/mol. The summed E-state index contributed by atoms with van der Waals surface area (Å²) in [4.78, 5) is 14.5. The number of anilines is 1. The minimum absolute atomic E-state index is 0.0721. The summed E-state index contributed by atoms with van der Waals surface area (Å²) < 4.78 is 5.26. The molecule has 3 rings (SSSR count). The number of nitrogens with zero attached hydrogens (tertiary/aromatic N) is 1. The van der Waals surface area contributed by atoms with Crippen LogP contribution in [0.4, 0.5) is 5.69 Å². The smallest absolute Gasteiger partial charge is 0.238 e. The number of rotatable bonds is 5. The van der Waals surface area contributed by atoms with Crippen LogP contribution in [-0.4, -0.2) is 37.6 Å². The van der Waals surface area contributed by atoms with Crippen molar-refractivity contribution in [3.05, 3.63) is 65.2 Å². The van der Waals surface area contributed by atoms with Gasteiger partial charge >= 0.3 is 0 Å². The van der Waals surface area contributed by atoms with Crippen LogP contribution in [0, 0.1) is 0 Å². The molecule has 0 saturated heterocycles. The lowest BCUT2D eigenvalue weighted by molar-refractivity contribution is -0.117. The van der Waals surface area contributed by atoms with Gasteiger partial charge in [-0.1, -0.05) is 48.0 Å². The van der Waals surface area contributed by atoms with Crippen LogP contribution in [0.5, 0.6) is 5.75 Å². The molecule has 2 aromatic carbocycles. The van der Waals surface area contributed by atoms with Crippen LogP contribution in [-0.2, 0) is 4.79 Å². The molecule has 1 aliphatic heterocycles. The Morgan fingerprint density at radius 3 is 2.72 bits per heavy atom. The second kappa shape index (κ2) is 8.19. The van der Waals surface area contributed by atoms with E-state index in [-0.39, 0.29) is 5.91 Å². The van der Waals surface area contributed by atoms with Crippen molar-refractivity contribution in [3.8, 4) is 5.75 Å². The second-order valence-electron chi connectivity index (χ2n) is 5.97. The first-order valence-corrected chi connectivity index (χ1v) is 8.63. The summed E-state index contributed by atoms with van der Waals surface area (Å²) in [6, 6.07) is 15.5. The van der Waals surface area contributed by atoms with E-state index in [4.69, 9.17) is 16.3 Å². The lowest BCUT2D eigenvalue weighted by Gasteiger charge is -2.26. The molecule has 0 saturated carbocycles. The maximum atomic E-state index is 12.3. The average molecular weight is 357 g/mol. The number of amides is 1. The maximum absolute atomic E-state index is 12.3. The predicted octanol–water partition coefficient (Wildman–Crippen LogP) is 4.08. The lowest BCUT2D eigenvalue weighted by atomic mass is 10.00. The van der Waals surface area contributed by atoms with Gasteiger partial charge in [0.1, 0.15) is 5.75 Å². The molecule has 0 radical (unpaired) electrons. The van der Waals surface area contributed by atoms with Gasteiger partial charge in [-0.15, -0.1) is 0 Å². The third-order valence-electron chi connectivity index (χ3n) is 4.24. The van der Waals surface area contributed by atoms with E-state index in [2.05, 4.69) is 28.4 Å². The monoisotopic (exact) mass is 356 g/mol. The van der Waals surface area contributed by atoms with Crippen molar-refractivity contribution in [1.29, 1.82) is 0 Å². The highest BCUT2D eigenvalue weighted by Gasteiger charge is 2.16. The van der Waals surface area contributed by atoms with Crippen molar-refractivity contribution in [2.45, 2.75) is 6.42 Å². The van der Waals surface area contributed by atoms with Gasteiger partial charge < -0.3 is 10.1 Å². The number of carbonyl (C=O) groups excluding carboxylic acids is 1. The Balaban J connectivity index is 1.58. The highest BCUT2D eigenvalue weighted by atomic mass is 35.5. The summed E-state index contributed by atoms with van der Waals surface area (Å²) in [6.07, 6.45) is 3.14. The number of hydrogen-bond acceptors (Lipinski definition) is 3. The molecule has 2 aromatic rings. The van der Waals surface area contributed by atoms with Gasteiger partial charge in [0.25, 0.3) is 0 Å². The largest absolute Gasteiger partial charge is 0.495 e. The minimum Gasteiger partial charge on any atom is -0.495 e. The SMILES string of the molecule is COc1ccc(Cl)cc1NC(=O)CN1CC=C(c2ccccc2)CC1. The van der Waals surface area contributed by atoms with E-state index in [1.807, 2.05) is 18.2 Å². The molecule has 0 unspecified atom stereocenters. The topological polar surface area (TPSA) is 41.6 Å². The summed E-state index contributed by atoms with van der Waals surface area (Å²) >= 11 is 6.00. The standard InChI is InChI=1S/C20H21ClN2O2/c1-25-19-8-7-17(21)13-18(19)22-20(24)14-23-11-9-16(10-12-23)15-5-3-2-4-6-15/h2-9,13H,10-12,14H2,1H3,(H,22,24). The molecule has 1 heterocycles. The van der Waals surface area contributed by atoms with Gasteiger partial charge in [-0.3, -0.25) is 9.69 Å². The maximum Gasteiger partial charge on any atom is 0.238 e. The molecule has 1 amide bonds. The van der Waals surface area contributed by atoms with Crippen molar-refractivity contribution in [2.24, 2.45) is 0 Å². The summed E-state index contributed by atoms with van der Waals surface area (Å²) in [5.74, 6) is 0.528. The Hall–Kier alpha value is -2.30. The zero-order valence-corrected chi connectivity index (χ0v) is 14.9. The molecule has 1 N–H and O–H groups in total. The van der Waals surface area contributed by atoms with Crippen molar-refractivity contribution >= 4 is 28.8 Å². The number of halogens is 1. The average Bonchev–Trinajstić information content (AvgIpc) is 2.63. The second-order valence-corrected chi connectivity index (χ2v) is 6.41. The molecule has 0 fully saturated rings. The fourth-order valence-electron chi connectivity index (χ4n) is 2.94. The number of benzene rings is 2. The molecule has 5 heteroatoms. The van der Waals surface area contributed by atoms with E-state index in [0.29, 0.717) is 23.0 Å². The van der Waals surface area contributed by atoms with E-state index in [1.165, 1.54) is 11.1 Å². The van der Waals surface area contributed by atoms with Gasteiger partial charge in [-0.2, -0.15) is 0 Å². The highest BCUT2D eigenvalue weighted by molar-refractivity contribution is 6.31. The zero-order valence-electron chi connectivity index (χ0n) is 14.2. The Labute approximate surface area is 153 Å². The van der Waals surface area contributed by atoms with Gasteiger partial charge in [-0.05, 0) is 35.8 Å². The molecular formula is C20H21ClN2O2. The van der Waals surface area contributed by atoms with Gasteiger partial charge in [0.05, 0.1) is 19.3 Å². The molecular weight excluding hydrogens is 336 g/mol. The normalized spacial score (nSPS) is 14.7. The molecule has 1 aliphatic rings. The number of ether oxygens (including phenoxy) is 1. The van der Waals surface area contributed by atoms with Gasteiger partial charge in [0, 0.05) is 18.1 Å². The van der Waals surface area contributed by atoms with Crippen molar-refractivity contribution < 1.29 is 9.53 Å². The third kappa shape index (κ3) is 4.62. The van der Waals surface area contributed by atoms with E-state index in [0.717, 1.165) is 19.5 Å². The first kappa shape index (κ1) is 17.5. The molecule has 0 aromatic heterocycles. The molecule has 0 atom stereocenters. The van der Waals surface area contributed by atoms with Crippen LogP contribution in [0.2, 0.25) is 5.02 Å². The van der Waals surface area contributed by atoms with Crippen LogP contribution >= 0.6 is 11.6 Å². The Morgan fingerprint density at radius 1 is 1.24 bits per heavy atom. The van der Waals surface area contributed by atoms with Crippen LogP contribution in [0.1, 0.15) is 12.0 Å². The number of hydrogen-bond donors (Lipinski definition) is 1. The highest BCUT2D eigenvalue weighted by Crippen LogP contribution is 2.28. The van der Waals surface area contributed by atoms with Gasteiger partial charge in [0.2, 0.25) is 5.91 Å². The van der Waals surface area contributed by atoms with Gasteiger partial charge in [0.15, 0.2) is 0 Å². The molecule has 0 spiro atoms. The first-order valence-electron chi connectivity index (χ1n) is 8.26. The van der Waals surface area contributed by atoms with Crippen LogP contribution in [0.15, 0.2) is 54.6 Å². The molecule has 0 bridgehead atoms. The summed E-state index contributed by atoms with van der Waals surface area (Å²) in [7, 11) is 1.57. The molecule has 0 aliphatic carbocycles. The van der Waals surface area contributed by atoms with E-state index >= 15 is 0 Å². The molecule has 130 valence electrons. The van der Waals surface area contributed by atoms with Crippen molar-refractivity contribution in [3.63, 3.8) is 0 Å². The quantitative estimate of drug-likeness (QED) is 0.877.